The normalized spacial score (nSPS) is 21.3. The van der Waals surface area contributed by atoms with Gasteiger partial charge >= 0.3 is 0 Å². The lowest BCUT2D eigenvalue weighted by molar-refractivity contribution is 0.0929. The van der Waals surface area contributed by atoms with Crippen molar-refractivity contribution in [3.05, 3.63) is 22.6 Å². The van der Waals surface area contributed by atoms with Crippen LogP contribution in [0, 0.1) is 0 Å². The molecule has 0 aromatic carbocycles. The first-order chi connectivity index (χ1) is 7.27. The van der Waals surface area contributed by atoms with Gasteiger partial charge in [-0.1, -0.05) is 0 Å². The number of hydrogen-bond acceptors (Lipinski definition) is 3. The number of nitrogens with one attached hydrogen (secondary N) is 2. The molecule has 2 N–H and O–H groups in total. The highest BCUT2D eigenvalue weighted by atomic mass is 79.9. The van der Waals surface area contributed by atoms with E-state index in [1.54, 1.807) is 6.07 Å². The molecule has 1 aliphatic heterocycles. The number of amides is 1. The molecule has 2 heterocycles. The summed E-state index contributed by atoms with van der Waals surface area (Å²) in [6, 6.07) is 1.89. The van der Waals surface area contributed by atoms with E-state index < -0.39 is 0 Å². The van der Waals surface area contributed by atoms with Crippen molar-refractivity contribution in [1.29, 1.82) is 0 Å². The van der Waals surface area contributed by atoms with Gasteiger partial charge in [-0.15, -0.1) is 0 Å². The molecule has 5 heteroatoms. The third-order valence-corrected chi connectivity index (χ3v) is 3.11. The van der Waals surface area contributed by atoms with Gasteiger partial charge in [0.1, 0.15) is 0 Å². The molecule has 15 heavy (non-hydrogen) atoms. The lowest BCUT2D eigenvalue weighted by Crippen LogP contribution is -2.45. The van der Waals surface area contributed by atoms with Crippen LogP contribution in [0.2, 0.25) is 0 Å². The minimum atomic E-state index is -0.0793. The lowest BCUT2D eigenvalue weighted by Gasteiger charge is -2.23. The molecule has 1 fully saturated rings. The first-order valence-corrected chi connectivity index (χ1v) is 5.81. The first kappa shape index (κ1) is 10.7. The molecule has 1 atom stereocenters. The fourth-order valence-electron chi connectivity index (χ4n) is 1.69. The highest BCUT2D eigenvalue weighted by Crippen LogP contribution is 2.17. The second kappa shape index (κ2) is 4.81. The highest BCUT2D eigenvalue weighted by Gasteiger charge is 2.18. The molecule has 0 radical (unpaired) electrons. The van der Waals surface area contributed by atoms with Gasteiger partial charge in [0.05, 0.1) is 11.8 Å². The van der Waals surface area contributed by atoms with E-state index >= 15 is 0 Å². The Hall–Kier alpha value is -0.810. The van der Waals surface area contributed by atoms with E-state index in [9.17, 15) is 4.79 Å². The Labute approximate surface area is 96.5 Å². The maximum atomic E-state index is 11.8. The Morgan fingerprint density at radius 3 is 3.13 bits per heavy atom. The molecule has 1 aromatic heterocycles. The third kappa shape index (κ3) is 2.60. The fraction of sp³-hybridized carbons (Fsp3) is 0.500. The topological polar surface area (TPSA) is 54.3 Å². The molecule has 1 saturated heterocycles. The summed E-state index contributed by atoms with van der Waals surface area (Å²) >= 11 is 3.19. The molecule has 1 aromatic rings. The van der Waals surface area contributed by atoms with E-state index in [0.29, 0.717) is 10.2 Å². The van der Waals surface area contributed by atoms with Crippen LogP contribution in [0.3, 0.4) is 0 Å². The zero-order chi connectivity index (χ0) is 10.7. The Bertz CT molecular complexity index is 345. The quantitative estimate of drug-likeness (QED) is 0.859. The molecule has 0 saturated carbocycles. The maximum absolute atomic E-state index is 11.8. The van der Waals surface area contributed by atoms with E-state index in [1.807, 2.05) is 0 Å². The molecular weight excluding hydrogens is 260 g/mol. The predicted octanol–water partition coefficient (Wildman–Crippen LogP) is 1.52. The average Bonchev–Trinajstić information content (AvgIpc) is 2.66. The standard InChI is InChI=1S/C10H13BrN2O2/c11-9-8(3-5-15-9)10(14)13-7-2-1-4-12-6-7/h3,5,7,12H,1-2,4,6H2,(H,13,14)/t7-/m1/s1. The van der Waals surface area contributed by atoms with Crippen LogP contribution in [0.5, 0.6) is 0 Å². The van der Waals surface area contributed by atoms with Crippen LogP contribution in [0.1, 0.15) is 23.2 Å². The van der Waals surface area contributed by atoms with Gasteiger partial charge in [0, 0.05) is 12.6 Å². The Balaban J connectivity index is 1.94. The number of piperidine rings is 1. The van der Waals surface area contributed by atoms with Crippen molar-refractivity contribution < 1.29 is 9.21 Å². The zero-order valence-corrected chi connectivity index (χ0v) is 9.84. The van der Waals surface area contributed by atoms with Crippen molar-refractivity contribution in [3.8, 4) is 0 Å². The van der Waals surface area contributed by atoms with Crippen molar-refractivity contribution in [3.63, 3.8) is 0 Å². The summed E-state index contributed by atoms with van der Waals surface area (Å²) in [6.07, 6.45) is 3.64. The molecule has 82 valence electrons. The molecule has 1 amide bonds. The summed E-state index contributed by atoms with van der Waals surface area (Å²) in [4.78, 5) is 11.8. The van der Waals surface area contributed by atoms with Crippen LogP contribution in [0.15, 0.2) is 21.4 Å². The summed E-state index contributed by atoms with van der Waals surface area (Å²) in [7, 11) is 0. The van der Waals surface area contributed by atoms with Gasteiger partial charge in [0.2, 0.25) is 0 Å². The van der Waals surface area contributed by atoms with Crippen LogP contribution >= 0.6 is 15.9 Å². The van der Waals surface area contributed by atoms with Gasteiger partial charge in [-0.3, -0.25) is 4.79 Å². The first-order valence-electron chi connectivity index (χ1n) is 5.02. The molecule has 0 aliphatic carbocycles. The maximum Gasteiger partial charge on any atom is 0.256 e. The molecule has 0 bridgehead atoms. The van der Waals surface area contributed by atoms with Gasteiger partial charge in [-0.25, -0.2) is 0 Å². The van der Waals surface area contributed by atoms with Crippen LogP contribution in [0.4, 0.5) is 0 Å². The molecule has 2 rings (SSSR count). The van der Waals surface area contributed by atoms with Crippen molar-refractivity contribution in [2.24, 2.45) is 0 Å². The van der Waals surface area contributed by atoms with Crippen molar-refractivity contribution >= 4 is 21.8 Å². The number of furan rings is 1. The monoisotopic (exact) mass is 272 g/mol. The van der Waals surface area contributed by atoms with Gasteiger partial charge < -0.3 is 15.1 Å². The Kier molecular flexibility index (Phi) is 3.43. The third-order valence-electron chi connectivity index (χ3n) is 2.49. The summed E-state index contributed by atoms with van der Waals surface area (Å²) in [5, 5.41) is 6.22. The second-order valence-electron chi connectivity index (χ2n) is 3.62. The summed E-state index contributed by atoms with van der Waals surface area (Å²) in [6.45, 7) is 1.89. The van der Waals surface area contributed by atoms with E-state index in [4.69, 9.17) is 4.42 Å². The van der Waals surface area contributed by atoms with E-state index in [2.05, 4.69) is 26.6 Å². The highest BCUT2D eigenvalue weighted by molar-refractivity contribution is 9.10. The predicted molar refractivity (Wildman–Crippen MR) is 59.8 cm³/mol. The van der Waals surface area contributed by atoms with E-state index in [-0.39, 0.29) is 11.9 Å². The average molecular weight is 273 g/mol. The minimum absolute atomic E-state index is 0.0793. The molecule has 0 spiro atoms. The summed E-state index contributed by atoms with van der Waals surface area (Å²) in [5.74, 6) is -0.0793. The van der Waals surface area contributed by atoms with Crippen molar-refractivity contribution in [2.75, 3.05) is 13.1 Å². The summed E-state index contributed by atoms with van der Waals surface area (Å²) < 4.78 is 5.50. The number of carbonyl (C=O) groups excluding carboxylic acids is 1. The molecular formula is C10H13BrN2O2. The van der Waals surface area contributed by atoms with Gasteiger partial charge in [0.25, 0.3) is 5.91 Å². The lowest BCUT2D eigenvalue weighted by atomic mass is 10.1. The molecule has 0 unspecified atom stereocenters. The zero-order valence-electron chi connectivity index (χ0n) is 8.25. The number of hydrogen-bond donors (Lipinski definition) is 2. The van der Waals surface area contributed by atoms with Crippen molar-refractivity contribution in [1.82, 2.24) is 10.6 Å². The van der Waals surface area contributed by atoms with E-state index in [0.717, 1.165) is 25.9 Å². The second-order valence-corrected chi connectivity index (χ2v) is 4.34. The fourth-order valence-corrected chi connectivity index (χ4v) is 2.11. The Morgan fingerprint density at radius 2 is 2.53 bits per heavy atom. The summed E-state index contributed by atoms with van der Waals surface area (Å²) in [5.41, 5.74) is 0.556. The van der Waals surface area contributed by atoms with Crippen LogP contribution in [-0.2, 0) is 0 Å². The van der Waals surface area contributed by atoms with Gasteiger partial charge in [-0.05, 0) is 41.4 Å². The molecule has 4 nitrogen and oxygen atoms in total. The Morgan fingerprint density at radius 1 is 1.67 bits per heavy atom. The smallest absolute Gasteiger partial charge is 0.256 e. The largest absolute Gasteiger partial charge is 0.457 e. The van der Waals surface area contributed by atoms with Crippen LogP contribution in [0.25, 0.3) is 0 Å². The number of rotatable bonds is 2. The van der Waals surface area contributed by atoms with Gasteiger partial charge in [-0.2, -0.15) is 0 Å². The number of halogens is 1. The van der Waals surface area contributed by atoms with Crippen LogP contribution in [-0.4, -0.2) is 25.0 Å². The minimum Gasteiger partial charge on any atom is -0.457 e. The van der Waals surface area contributed by atoms with E-state index in [1.165, 1.54) is 6.26 Å². The van der Waals surface area contributed by atoms with Crippen molar-refractivity contribution in [2.45, 2.75) is 18.9 Å². The molecule has 1 aliphatic rings. The van der Waals surface area contributed by atoms with Crippen LogP contribution < -0.4 is 10.6 Å². The SMILES string of the molecule is O=C(N[C@@H]1CCCNC1)c1ccoc1Br. The van der Waals surface area contributed by atoms with Gasteiger partial charge in [0.15, 0.2) is 4.67 Å². The number of carbonyl (C=O) groups is 1.